The molecule has 0 aromatic carbocycles. The molecule has 1 amide bonds. The Morgan fingerprint density at radius 1 is 1.43 bits per heavy atom. The van der Waals surface area contributed by atoms with Crippen molar-refractivity contribution < 1.29 is 9.90 Å². The Morgan fingerprint density at radius 2 is 2.29 bits per heavy atom. The fourth-order valence-electron chi connectivity index (χ4n) is 2.75. The van der Waals surface area contributed by atoms with Crippen LogP contribution in [0.25, 0.3) is 5.65 Å². The Kier molecular flexibility index (Phi) is 3.70. The molecular weight excluding hydrogens is 270 g/mol. The minimum Gasteiger partial charge on any atom is -0.393 e. The molecule has 1 aliphatic carbocycles. The fourth-order valence-corrected chi connectivity index (χ4v) is 2.75. The molecule has 2 N–H and O–H groups in total. The number of aliphatic hydroxyl groups excluding tert-OH is 1. The van der Waals surface area contributed by atoms with Gasteiger partial charge in [-0.05, 0) is 37.3 Å². The first-order valence-corrected chi connectivity index (χ1v) is 7.08. The fraction of sp³-hybridized carbons (Fsp3) is 0.400. The second kappa shape index (κ2) is 5.65. The highest BCUT2D eigenvalue weighted by molar-refractivity contribution is 5.93. The molecule has 2 heterocycles. The maximum Gasteiger partial charge on any atom is 0.270 e. The number of nitrogens with zero attached hydrogens (tertiary/aromatic N) is 2. The standard InChI is InChI=1S/C15H17N3O3/c19-11-5-4-10(7-11)8-17-14(20)12-9-16-13-3-1-2-6-18(13)15(12)21/h1-3,6,9-11,19H,4-5,7-8H2,(H,17,20). The Bertz CT molecular complexity index is 725. The maximum atomic E-state index is 12.2. The van der Waals surface area contributed by atoms with Gasteiger partial charge in [0.25, 0.3) is 11.5 Å². The van der Waals surface area contributed by atoms with Crippen LogP contribution < -0.4 is 10.9 Å². The first kappa shape index (κ1) is 13.8. The quantitative estimate of drug-likeness (QED) is 0.865. The van der Waals surface area contributed by atoms with E-state index in [0.717, 1.165) is 12.8 Å². The summed E-state index contributed by atoms with van der Waals surface area (Å²) in [6, 6.07) is 5.22. The first-order valence-electron chi connectivity index (χ1n) is 7.08. The normalized spacial score (nSPS) is 21.6. The molecule has 110 valence electrons. The second-order valence-corrected chi connectivity index (χ2v) is 5.45. The van der Waals surface area contributed by atoms with E-state index in [1.54, 1.807) is 24.4 Å². The molecule has 0 bridgehead atoms. The third kappa shape index (κ3) is 2.80. The number of pyridine rings is 1. The summed E-state index contributed by atoms with van der Waals surface area (Å²) in [5.74, 6) is -0.132. The molecule has 2 unspecified atom stereocenters. The molecule has 6 nitrogen and oxygen atoms in total. The number of amides is 1. The monoisotopic (exact) mass is 287 g/mol. The van der Waals surface area contributed by atoms with Crippen LogP contribution in [0.2, 0.25) is 0 Å². The molecule has 1 saturated carbocycles. The van der Waals surface area contributed by atoms with Gasteiger partial charge in [-0.25, -0.2) is 4.98 Å². The Balaban J connectivity index is 1.75. The van der Waals surface area contributed by atoms with E-state index >= 15 is 0 Å². The zero-order chi connectivity index (χ0) is 14.8. The van der Waals surface area contributed by atoms with Gasteiger partial charge in [-0.2, -0.15) is 0 Å². The first-order chi connectivity index (χ1) is 10.1. The summed E-state index contributed by atoms with van der Waals surface area (Å²) in [5.41, 5.74) is 0.180. The van der Waals surface area contributed by atoms with E-state index in [1.807, 2.05) is 0 Å². The minimum atomic E-state index is -0.410. The molecule has 1 aliphatic rings. The van der Waals surface area contributed by atoms with Gasteiger partial charge in [-0.1, -0.05) is 6.07 Å². The van der Waals surface area contributed by atoms with Crippen LogP contribution in [-0.2, 0) is 0 Å². The van der Waals surface area contributed by atoms with E-state index in [9.17, 15) is 14.7 Å². The van der Waals surface area contributed by atoms with E-state index in [0.29, 0.717) is 18.6 Å². The number of carbonyl (C=O) groups is 1. The molecule has 1 fully saturated rings. The van der Waals surface area contributed by atoms with Crippen LogP contribution in [0.4, 0.5) is 0 Å². The highest BCUT2D eigenvalue weighted by atomic mass is 16.3. The number of rotatable bonds is 3. The summed E-state index contributed by atoms with van der Waals surface area (Å²) in [7, 11) is 0. The number of hydrogen-bond donors (Lipinski definition) is 2. The number of aliphatic hydroxyl groups is 1. The number of nitrogens with one attached hydrogen (secondary N) is 1. The van der Waals surface area contributed by atoms with Crippen LogP contribution in [0.5, 0.6) is 0 Å². The smallest absolute Gasteiger partial charge is 0.270 e. The Morgan fingerprint density at radius 3 is 3.05 bits per heavy atom. The lowest BCUT2D eigenvalue weighted by molar-refractivity contribution is 0.0943. The summed E-state index contributed by atoms with van der Waals surface area (Å²) in [6.45, 7) is 0.479. The number of aromatic nitrogens is 2. The molecule has 0 aliphatic heterocycles. The van der Waals surface area contributed by atoms with E-state index < -0.39 is 5.91 Å². The lowest BCUT2D eigenvalue weighted by Crippen LogP contribution is -2.34. The SMILES string of the molecule is O=C(NCC1CCC(O)C1)c1cnc2ccccn2c1=O. The van der Waals surface area contributed by atoms with Crippen LogP contribution in [0.15, 0.2) is 35.4 Å². The van der Waals surface area contributed by atoms with Gasteiger partial charge in [0, 0.05) is 18.9 Å². The van der Waals surface area contributed by atoms with Crippen molar-refractivity contribution in [2.45, 2.75) is 25.4 Å². The molecule has 2 aromatic heterocycles. The summed E-state index contributed by atoms with van der Waals surface area (Å²) in [4.78, 5) is 28.5. The highest BCUT2D eigenvalue weighted by Gasteiger charge is 2.23. The van der Waals surface area contributed by atoms with Crippen molar-refractivity contribution in [2.75, 3.05) is 6.54 Å². The van der Waals surface area contributed by atoms with Crippen molar-refractivity contribution in [3.8, 4) is 0 Å². The van der Waals surface area contributed by atoms with Gasteiger partial charge in [-0.3, -0.25) is 14.0 Å². The van der Waals surface area contributed by atoms with Gasteiger partial charge in [-0.15, -0.1) is 0 Å². The molecule has 0 spiro atoms. The third-order valence-electron chi connectivity index (χ3n) is 3.92. The average molecular weight is 287 g/mol. The van der Waals surface area contributed by atoms with Crippen LogP contribution in [0.1, 0.15) is 29.6 Å². The topological polar surface area (TPSA) is 83.7 Å². The Labute approximate surface area is 121 Å². The number of fused-ring (bicyclic) bond motifs is 1. The van der Waals surface area contributed by atoms with Gasteiger partial charge in [0.1, 0.15) is 11.2 Å². The van der Waals surface area contributed by atoms with Crippen molar-refractivity contribution >= 4 is 11.6 Å². The van der Waals surface area contributed by atoms with E-state index in [1.165, 1.54) is 10.6 Å². The summed E-state index contributed by atoms with van der Waals surface area (Å²) in [6.07, 6.45) is 5.03. The number of hydrogen-bond acceptors (Lipinski definition) is 4. The van der Waals surface area contributed by atoms with Gasteiger partial charge in [0.2, 0.25) is 0 Å². The van der Waals surface area contributed by atoms with Crippen molar-refractivity contribution in [3.05, 3.63) is 46.5 Å². The van der Waals surface area contributed by atoms with E-state index in [4.69, 9.17) is 0 Å². The molecule has 3 rings (SSSR count). The molecule has 0 radical (unpaired) electrons. The third-order valence-corrected chi connectivity index (χ3v) is 3.92. The van der Waals surface area contributed by atoms with Crippen molar-refractivity contribution in [2.24, 2.45) is 5.92 Å². The lowest BCUT2D eigenvalue weighted by atomic mass is 10.1. The van der Waals surface area contributed by atoms with Crippen molar-refractivity contribution in [1.82, 2.24) is 14.7 Å². The second-order valence-electron chi connectivity index (χ2n) is 5.45. The van der Waals surface area contributed by atoms with Crippen LogP contribution in [0.3, 0.4) is 0 Å². The lowest BCUT2D eigenvalue weighted by Gasteiger charge is -2.10. The Hall–Kier alpha value is -2.21. The zero-order valence-electron chi connectivity index (χ0n) is 11.5. The van der Waals surface area contributed by atoms with Crippen molar-refractivity contribution in [3.63, 3.8) is 0 Å². The molecule has 6 heteroatoms. The van der Waals surface area contributed by atoms with Crippen LogP contribution in [-0.4, -0.2) is 33.0 Å². The molecule has 2 aromatic rings. The number of carbonyl (C=O) groups excluding carboxylic acids is 1. The van der Waals surface area contributed by atoms with Gasteiger partial charge in [0.15, 0.2) is 0 Å². The summed E-state index contributed by atoms with van der Waals surface area (Å²) >= 11 is 0. The van der Waals surface area contributed by atoms with Gasteiger partial charge >= 0.3 is 0 Å². The summed E-state index contributed by atoms with van der Waals surface area (Å²) in [5, 5.41) is 12.2. The minimum absolute atomic E-state index is 0.0391. The van der Waals surface area contributed by atoms with E-state index in [-0.39, 0.29) is 23.1 Å². The predicted molar refractivity (Wildman–Crippen MR) is 77.1 cm³/mol. The molecule has 21 heavy (non-hydrogen) atoms. The molecule has 2 atom stereocenters. The zero-order valence-corrected chi connectivity index (χ0v) is 11.5. The van der Waals surface area contributed by atoms with Gasteiger partial charge in [0.05, 0.1) is 6.10 Å². The van der Waals surface area contributed by atoms with Gasteiger partial charge < -0.3 is 10.4 Å². The van der Waals surface area contributed by atoms with Crippen LogP contribution >= 0.6 is 0 Å². The van der Waals surface area contributed by atoms with Crippen LogP contribution in [0, 0.1) is 5.92 Å². The highest BCUT2D eigenvalue weighted by Crippen LogP contribution is 2.24. The van der Waals surface area contributed by atoms with Crippen molar-refractivity contribution in [1.29, 1.82) is 0 Å². The maximum absolute atomic E-state index is 12.2. The largest absolute Gasteiger partial charge is 0.393 e. The predicted octanol–water partition coefficient (Wildman–Crippen LogP) is 0.585. The van der Waals surface area contributed by atoms with E-state index in [2.05, 4.69) is 10.3 Å². The summed E-state index contributed by atoms with van der Waals surface area (Å²) < 4.78 is 1.36. The molecular formula is C15H17N3O3. The average Bonchev–Trinajstić information content (AvgIpc) is 2.91. The molecule has 0 saturated heterocycles.